The van der Waals surface area contributed by atoms with Gasteiger partial charge in [0.05, 0.1) is 9.95 Å². The molecule has 0 bridgehead atoms. The predicted molar refractivity (Wildman–Crippen MR) is 76.3 cm³/mol. The number of nitro groups is 1. The molecule has 0 aromatic heterocycles. The molecule has 0 unspecified atom stereocenters. The average Bonchev–Trinajstić information content (AvgIpc) is 2.41. The first-order valence-corrected chi connectivity index (χ1v) is 6.22. The van der Waals surface area contributed by atoms with Gasteiger partial charge in [0, 0.05) is 12.1 Å². The third-order valence-corrected chi connectivity index (χ3v) is 3.01. The molecular weight excluding hydrogens is 298 g/mol. The van der Waals surface area contributed by atoms with Crippen LogP contribution < -0.4 is 4.74 Å². The van der Waals surface area contributed by atoms with E-state index >= 15 is 0 Å². The number of aromatic carboxylic acids is 1. The first-order chi connectivity index (χ1) is 9.88. The second kappa shape index (κ2) is 5.80. The summed E-state index contributed by atoms with van der Waals surface area (Å²) in [4.78, 5) is 21.2. The Morgan fingerprint density at radius 1 is 1.24 bits per heavy atom. The Morgan fingerprint density at radius 3 is 2.48 bits per heavy atom. The molecule has 7 heteroatoms. The number of aryl methyl sites for hydroxylation is 1. The van der Waals surface area contributed by atoms with Gasteiger partial charge in [0.15, 0.2) is 0 Å². The summed E-state index contributed by atoms with van der Waals surface area (Å²) in [6, 6.07) is 8.38. The van der Waals surface area contributed by atoms with E-state index in [4.69, 9.17) is 21.4 Å². The number of benzene rings is 2. The molecule has 108 valence electrons. The maximum absolute atomic E-state index is 11.2. The van der Waals surface area contributed by atoms with Crippen LogP contribution in [0.2, 0.25) is 5.02 Å². The van der Waals surface area contributed by atoms with Crippen LogP contribution in [0.3, 0.4) is 0 Å². The summed E-state index contributed by atoms with van der Waals surface area (Å²) in [5.41, 5.74) is 0.296. The normalized spacial score (nSPS) is 10.2. The van der Waals surface area contributed by atoms with Gasteiger partial charge in [0.2, 0.25) is 0 Å². The number of hydrogen-bond donors (Lipinski definition) is 1. The van der Waals surface area contributed by atoms with Crippen molar-refractivity contribution in [3.8, 4) is 11.5 Å². The molecule has 2 rings (SSSR count). The van der Waals surface area contributed by atoms with Crippen molar-refractivity contribution in [3.63, 3.8) is 0 Å². The van der Waals surface area contributed by atoms with Crippen LogP contribution in [0, 0.1) is 17.0 Å². The van der Waals surface area contributed by atoms with Gasteiger partial charge in [-0.25, -0.2) is 4.79 Å². The topological polar surface area (TPSA) is 89.7 Å². The van der Waals surface area contributed by atoms with Crippen molar-refractivity contribution < 1.29 is 19.6 Å². The van der Waals surface area contributed by atoms with Crippen molar-refractivity contribution in [1.82, 2.24) is 0 Å². The minimum Gasteiger partial charge on any atom is -0.478 e. The van der Waals surface area contributed by atoms with Crippen LogP contribution in [0.5, 0.6) is 11.5 Å². The number of non-ortho nitro benzene ring substituents is 1. The molecule has 0 aliphatic heterocycles. The molecule has 0 aliphatic carbocycles. The number of nitro benzene ring substituents is 1. The lowest BCUT2D eigenvalue weighted by atomic mass is 10.1. The summed E-state index contributed by atoms with van der Waals surface area (Å²) >= 11 is 6.01. The van der Waals surface area contributed by atoms with E-state index in [1.54, 1.807) is 18.2 Å². The highest BCUT2D eigenvalue weighted by molar-refractivity contribution is 6.32. The van der Waals surface area contributed by atoms with E-state index < -0.39 is 10.9 Å². The van der Waals surface area contributed by atoms with Crippen molar-refractivity contribution in [2.75, 3.05) is 0 Å². The minimum absolute atomic E-state index is 0.0150. The third-order valence-electron chi connectivity index (χ3n) is 2.71. The predicted octanol–water partition coefficient (Wildman–Crippen LogP) is 4.05. The molecule has 0 fully saturated rings. The number of ether oxygens (including phenoxy) is 1. The first-order valence-electron chi connectivity index (χ1n) is 5.84. The zero-order valence-corrected chi connectivity index (χ0v) is 11.6. The van der Waals surface area contributed by atoms with Gasteiger partial charge in [-0.2, -0.15) is 0 Å². The number of halogens is 1. The van der Waals surface area contributed by atoms with Crippen LogP contribution in [-0.4, -0.2) is 16.0 Å². The third kappa shape index (κ3) is 3.29. The second-order valence-corrected chi connectivity index (χ2v) is 4.69. The molecule has 1 N–H and O–H groups in total. The molecule has 0 amide bonds. The molecule has 0 saturated heterocycles. The first kappa shape index (κ1) is 14.8. The quantitative estimate of drug-likeness (QED) is 0.680. The number of nitrogens with zero attached hydrogens (tertiary/aromatic N) is 1. The Bertz CT molecular complexity index is 729. The summed E-state index contributed by atoms with van der Waals surface area (Å²) in [7, 11) is 0. The maximum atomic E-state index is 11.2. The number of carbonyl (C=O) groups is 1. The van der Waals surface area contributed by atoms with Crippen molar-refractivity contribution in [1.29, 1.82) is 0 Å². The Kier molecular flexibility index (Phi) is 4.09. The lowest BCUT2D eigenvalue weighted by molar-refractivity contribution is -0.384. The molecular formula is C14H10ClNO5. The van der Waals surface area contributed by atoms with Crippen molar-refractivity contribution >= 4 is 23.3 Å². The Hall–Kier alpha value is -2.60. The van der Waals surface area contributed by atoms with Crippen LogP contribution >= 0.6 is 11.6 Å². The van der Waals surface area contributed by atoms with E-state index in [-0.39, 0.29) is 22.7 Å². The van der Waals surface area contributed by atoms with Gasteiger partial charge < -0.3 is 9.84 Å². The van der Waals surface area contributed by atoms with Gasteiger partial charge in [-0.1, -0.05) is 17.7 Å². The van der Waals surface area contributed by atoms with Gasteiger partial charge in [-0.15, -0.1) is 0 Å². The van der Waals surface area contributed by atoms with E-state index in [0.717, 1.165) is 11.6 Å². The lowest BCUT2D eigenvalue weighted by Crippen LogP contribution is -2.02. The van der Waals surface area contributed by atoms with E-state index in [9.17, 15) is 14.9 Å². The monoisotopic (exact) mass is 307 g/mol. The van der Waals surface area contributed by atoms with Gasteiger partial charge in [-0.3, -0.25) is 10.1 Å². The molecule has 2 aromatic carbocycles. The highest BCUT2D eigenvalue weighted by Crippen LogP contribution is 2.33. The highest BCUT2D eigenvalue weighted by atomic mass is 35.5. The Balaban J connectivity index is 2.44. The Morgan fingerprint density at radius 2 is 1.90 bits per heavy atom. The van der Waals surface area contributed by atoms with Crippen molar-refractivity contribution in [3.05, 3.63) is 62.7 Å². The fourth-order valence-electron chi connectivity index (χ4n) is 1.69. The smallest absolute Gasteiger partial charge is 0.339 e. The summed E-state index contributed by atoms with van der Waals surface area (Å²) in [5.74, 6) is -1.06. The van der Waals surface area contributed by atoms with Gasteiger partial charge in [-0.05, 0) is 30.7 Å². The van der Waals surface area contributed by atoms with Gasteiger partial charge >= 0.3 is 5.97 Å². The second-order valence-electron chi connectivity index (χ2n) is 4.28. The van der Waals surface area contributed by atoms with Crippen LogP contribution in [0.4, 0.5) is 5.69 Å². The lowest BCUT2D eigenvalue weighted by Gasteiger charge is -2.10. The van der Waals surface area contributed by atoms with E-state index in [1.807, 2.05) is 6.92 Å². The molecule has 6 nitrogen and oxygen atoms in total. The van der Waals surface area contributed by atoms with E-state index in [2.05, 4.69) is 0 Å². The standard InChI is InChI=1S/C14H10ClNO5/c1-8-2-4-13(11(15)6-8)21-12-5-3-9(16(19)20)7-10(12)14(17)18/h2-7H,1H3,(H,17,18). The SMILES string of the molecule is Cc1ccc(Oc2ccc([N+](=O)[O-])cc2C(=O)O)c(Cl)c1. The van der Waals surface area contributed by atoms with Crippen LogP contribution in [0.1, 0.15) is 15.9 Å². The molecule has 0 atom stereocenters. The molecule has 21 heavy (non-hydrogen) atoms. The molecule has 0 saturated carbocycles. The molecule has 0 spiro atoms. The summed E-state index contributed by atoms with van der Waals surface area (Å²) in [5, 5.41) is 20.1. The van der Waals surface area contributed by atoms with E-state index in [1.165, 1.54) is 12.1 Å². The van der Waals surface area contributed by atoms with Crippen molar-refractivity contribution in [2.24, 2.45) is 0 Å². The highest BCUT2D eigenvalue weighted by Gasteiger charge is 2.18. The number of hydrogen-bond acceptors (Lipinski definition) is 4. The molecule has 2 aromatic rings. The van der Waals surface area contributed by atoms with Crippen LogP contribution in [0.25, 0.3) is 0 Å². The fourth-order valence-corrected chi connectivity index (χ4v) is 1.97. The zero-order chi connectivity index (χ0) is 15.6. The van der Waals surface area contributed by atoms with Crippen LogP contribution in [0.15, 0.2) is 36.4 Å². The van der Waals surface area contributed by atoms with Gasteiger partial charge in [0.25, 0.3) is 5.69 Å². The van der Waals surface area contributed by atoms with Crippen LogP contribution in [-0.2, 0) is 0 Å². The summed E-state index contributed by atoms with van der Waals surface area (Å²) in [6.07, 6.45) is 0. The number of carboxylic acid groups (broad SMARTS) is 1. The Labute approximate surface area is 124 Å². The summed E-state index contributed by atoms with van der Waals surface area (Å²) < 4.78 is 5.46. The minimum atomic E-state index is -1.32. The number of rotatable bonds is 4. The maximum Gasteiger partial charge on any atom is 0.339 e. The van der Waals surface area contributed by atoms with Crippen molar-refractivity contribution in [2.45, 2.75) is 6.92 Å². The zero-order valence-electron chi connectivity index (χ0n) is 10.9. The summed E-state index contributed by atoms with van der Waals surface area (Å²) in [6.45, 7) is 1.85. The van der Waals surface area contributed by atoms with Gasteiger partial charge in [0.1, 0.15) is 17.1 Å². The molecule has 0 radical (unpaired) electrons. The molecule has 0 aliphatic rings. The number of carboxylic acids is 1. The largest absolute Gasteiger partial charge is 0.478 e. The molecule has 0 heterocycles. The average molecular weight is 308 g/mol. The fraction of sp³-hybridized carbons (Fsp3) is 0.0714. The van der Waals surface area contributed by atoms with E-state index in [0.29, 0.717) is 5.02 Å².